The van der Waals surface area contributed by atoms with Crippen molar-refractivity contribution in [2.24, 2.45) is 5.92 Å². The van der Waals surface area contributed by atoms with E-state index in [1.807, 2.05) is 42.6 Å². The molecule has 8 nitrogen and oxygen atoms in total. The Morgan fingerprint density at radius 3 is 2.71 bits per heavy atom. The average Bonchev–Trinajstić information content (AvgIpc) is 3.51. The summed E-state index contributed by atoms with van der Waals surface area (Å²) >= 11 is 1.31. The van der Waals surface area contributed by atoms with Gasteiger partial charge in [-0.3, -0.25) is 4.79 Å². The Morgan fingerprint density at radius 1 is 1.24 bits per heavy atom. The fraction of sp³-hybridized carbons (Fsp3) is 0.360. The van der Waals surface area contributed by atoms with Crippen LogP contribution in [0.5, 0.6) is 0 Å². The highest BCUT2D eigenvalue weighted by molar-refractivity contribution is 7.03. The Hall–Kier alpha value is -3.14. The van der Waals surface area contributed by atoms with Crippen LogP contribution in [0.3, 0.4) is 0 Å². The first-order valence-corrected chi connectivity index (χ1v) is 12.2. The number of aliphatic hydroxyl groups excluding tert-OH is 1. The maximum atomic E-state index is 12.8. The predicted octanol–water partition coefficient (Wildman–Crippen LogP) is 3.57. The molecule has 2 aliphatic rings. The molecule has 2 aromatic carbocycles. The summed E-state index contributed by atoms with van der Waals surface area (Å²) in [6.45, 7) is 4.19. The Balaban J connectivity index is 1.13. The van der Waals surface area contributed by atoms with E-state index in [0.29, 0.717) is 12.1 Å². The second-order valence-corrected chi connectivity index (χ2v) is 9.44. The minimum absolute atomic E-state index is 0.0300. The number of cyclic esters (lactones) is 1. The molecule has 3 aromatic rings. The summed E-state index contributed by atoms with van der Waals surface area (Å²) in [4.78, 5) is 26.7. The molecule has 2 aliphatic heterocycles. The summed E-state index contributed by atoms with van der Waals surface area (Å²) < 4.78 is 8.99. The van der Waals surface area contributed by atoms with Crippen molar-refractivity contribution in [3.8, 4) is 11.3 Å². The predicted molar refractivity (Wildman–Crippen MR) is 128 cm³/mol. The van der Waals surface area contributed by atoms with E-state index in [-0.39, 0.29) is 24.4 Å². The van der Waals surface area contributed by atoms with Gasteiger partial charge in [-0.05, 0) is 73.7 Å². The third-order valence-electron chi connectivity index (χ3n) is 6.76. The van der Waals surface area contributed by atoms with E-state index in [2.05, 4.69) is 19.8 Å². The highest BCUT2D eigenvalue weighted by Crippen LogP contribution is 2.30. The quantitative estimate of drug-likeness (QED) is 0.522. The molecule has 2 N–H and O–H groups in total. The smallest absolute Gasteiger partial charge is 0.338 e. The van der Waals surface area contributed by atoms with Crippen molar-refractivity contribution in [3.63, 3.8) is 0 Å². The molecule has 176 valence electrons. The molecule has 0 saturated carbocycles. The molecule has 0 radical (unpaired) electrons. The lowest BCUT2D eigenvalue weighted by atomic mass is 9.93. The van der Waals surface area contributed by atoms with Gasteiger partial charge in [-0.1, -0.05) is 22.7 Å². The number of nitrogens with zero attached hydrogens (tertiary/aromatic N) is 3. The summed E-state index contributed by atoms with van der Waals surface area (Å²) in [5.74, 6) is -0.324. The van der Waals surface area contributed by atoms with Crippen LogP contribution in [0.15, 0.2) is 41.8 Å². The second kappa shape index (κ2) is 9.61. The number of benzene rings is 2. The molecular formula is C25H26N4O4S. The van der Waals surface area contributed by atoms with Crippen LogP contribution in [0.25, 0.3) is 11.3 Å². The number of aliphatic hydroxyl groups is 1. The van der Waals surface area contributed by atoms with Gasteiger partial charge in [0, 0.05) is 34.7 Å². The lowest BCUT2D eigenvalue weighted by Gasteiger charge is -2.33. The monoisotopic (exact) mass is 478 g/mol. The van der Waals surface area contributed by atoms with Crippen LogP contribution >= 0.6 is 11.5 Å². The minimum Gasteiger partial charge on any atom is -0.457 e. The van der Waals surface area contributed by atoms with E-state index in [1.165, 1.54) is 11.5 Å². The van der Waals surface area contributed by atoms with E-state index in [1.54, 1.807) is 6.07 Å². The van der Waals surface area contributed by atoms with Crippen LogP contribution in [0.4, 0.5) is 5.69 Å². The summed E-state index contributed by atoms with van der Waals surface area (Å²) in [6, 6.07) is 11.2. The third-order valence-corrected chi connectivity index (χ3v) is 7.27. The van der Waals surface area contributed by atoms with Gasteiger partial charge in [0.2, 0.25) is 5.91 Å². The average molecular weight is 479 g/mol. The first-order valence-electron chi connectivity index (χ1n) is 11.4. The number of carbonyl (C=O) groups excluding carboxylic acids is 2. The zero-order valence-electron chi connectivity index (χ0n) is 18.9. The molecule has 1 fully saturated rings. The van der Waals surface area contributed by atoms with Crippen molar-refractivity contribution in [2.45, 2.75) is 32.5 Å². The summed E-state index contributed by atoms with van der Waals surface area (Å²) in [5, 5.41) is 19.8. The van der Waals surface area contributed by atoms with Crippen molar-refractivity contribution in [1.29, 1.82) is 0 Å². The molecule has 9 heteroatoms. The van der Waals surface area contributed by atoms with Crippen molar-refractivity contribution >= 4 is 29.1 Å². The number of piperidine rings is 1. The third kappa shape index (κ3) is 4.59. The van der Waals surface area contributed by atoms with Gasteiger partial charge in [0.1, 0.15) is 12.3 Å². The maximum absolute atomic E-state index is 12.8. The second-order valence-electron chi connectivity index (χ2n) is 8.83. The number of carbonyl (C=O) groups is 2. The number of anilines is 1. The standard InChI is InChI=1S/C25H26N4O4S/c1-15-19(6-7-20-21(15)13-33-25(20)32)23(30)12-29-10-8-17(9-11-29)24(31)26-18-4-2-16(3-5-18)22-14-34-28-27-22/h2-7,14,17,23,30H,8-13H2,1H3,(H,26,31)/t23-/m0/s1. The Morgan fingerprint density at radius 2 is 2.00 bits per heavy atom. The van der Waals surface area contributed by atoms with Crippen LogP contribution in [-0.2, 0) is 16.1 Å². The maximum Gasteiger partial charge on any atom is 0.338 e. The number of aromatic nitrogens is 2. The van der Waals surface area contributed by atoms with Gasteiger partial charge < -0.3 is 20.1 Å². The molecule has 5 rings (SSSR count). The van der Waals surface area contributed by atoms with Gasteiger partial charge in [0.15, 0.2) is 0 Å². The van der Waals surface area contributed by atoms with Crippen LogP contribution in [-0.4, -0.2) is 51.1 Å². The highest BCUT2D eigenvalue weighted by atomic mass is 32.1. The molecule has 3 heterocycles. The van der Waals surface area contributed by atoms with Gasteiger partial charge in [-0.25, -0.2) is 4.79 Å². The van der Waals surface area contributed by atoms with Gasteiger partial charge in [0.05, 0.1) is 11.7 Å². The lowest BCUT2D eigenvalue weighted by molar-refractivity contribution is -0.121. The number of likely N-dealkylation sites (tertiary alicyclic amines) is 1. The van der Waals surface area contributed by atoms with E-state index in [9.17, 15) is 14.7 Å². The van der Waals surface area contributed by atoms with Crippen LogP contribution < -0.4 is 5.32 Å². The molecule has 0 bridgehead atoms. The molecule has 0 unspecified atom stereocenters. The van der Waals surface area contributed by atoms with Crippen molar-refractivity contribution < 1.29 is 19.4 Å². The van der Waals surface area contributed by atoms with E-state index in [4.69, 9.17) is 4.74 Å². The molecule has 34 heavy (non-hydrogen) atoms. The van der Waals surface area contributed by atoms with Gasteiger partial charge in [0.25, 0.3) is 0 Å². The van der Waals surface area contributed by atoms with Crippen molar-refractivity contribution in [2.75, 3.05) is 25.0 Å². The normalized spacial score (nSPS) is 17.3. The van der Waals surface area contributed by atoms with Crippen molar-refractivity contribution in [1.82, 2.24) is 14.5 Å². The number of hydrogen-bond donors (Lipinski definition) is 2. The minimum atomic E-state index is -0.655. The summed E-state index contributed by atoms with van der Waals surface area (Å²) in [5.41, 5.74) is 5.77. The zero-order valence-corrected chi connectivity index (χ0v) is 19.7. The van der Waals surface area contributed by atoms with Crippen LogP contribution in [0.1, 0.15) is 46.0 Å². The molecule has 1 saturated heterocycles. The van der Waals surface area contributed by atoms with E-state index in [0.717, 1.165) is 59.6 Å². The van der Waals surface area contributed by atoms with Gasteiger partial charge >= 0.3 is 5.97 Å². The highest BCUT2D eigenvalue weighted by Gasteiger charge is 2.29. The Labute approximate surface area is 201 Å². The Bertz CT molecular complexity index is 1190. The number of esters is 1. The summed E-state index contributed by atoms with van der Waals surface area (Å²) in [7, 11) is 0. The molecule has 1 atom stereocenters. The van der Waals surface area contributed by atoms with Crippen molar-refractivity contribution in [3.05, 3.63) is 64.0 Å². The SMILES string of the molecule is Cc1c([C@@H](O)CN2CCC(C(=O)Nc3ccc(-c4csnn4)cc3)CC2)ccc2c1COC2=O. The number of fused-ring (bicyclic) bond motifs is 1. The fourth-order valence-electron chi connectivity index (χ4n) is 4.71. The van der Waals surface area contributed by atoms with Crippen LogP contribution in [0, 0.1) is 12.8 Å². The van der Waals surface area contributed by atoms with Crippen LogP contribution in [0.2, 0.25) is 0 Å². The number of hydrogen-bond acceptors (Lipinski definition) is 8. The molecule has 1 amide bonds. The molecule has 0 aliphatic carbocycles. The van der Waals surface area contributed by atoms with Gasteiger partial charge in [-0.15, -0.1) is 5.10 Å². The first-order chi connectivity index (χ1) is 16.5. The topological polar surface area (TPSA) is 105 Å². The van der Waals surface area contributed by atoms with Gasteiger partial charge in [-0.2, -0.15) is 0 Å². The number of nitrogens with one attached hydrogen (secondary N) is 1. The first kappa shape index (κ1) is 22.6. The number of amides is 1. The lowest BCUT2D eigenvalue weighted by Crippen LogP contribution is -2.40. The number of β-amino-alcohol motifs (C(OH)–C–C–N with tert-alkyl or cyclic N) is 1. The Kier molecular flexibility index (Phi) is 6.40. The van der Waals surface area contributed by atoms with E-state index < -0.39 is 6.10 Å². The largest absolute Gasteiger partial charge is 0.457 e. The van der Waals surface area contributed by atoms with E-state index >= 15 is 0 Å². The fourth-order valence-corrected chi connectivity index (χ4v) is 5.17. The molecule has 1 aromatic heterocycles. The molecular weight excluding hydrogens is 452 g/mol. The number of ether oxygens (including phenoxy) is 1. The zero-order chi connectivity index (χ0) is 23.7. The number of rotatable bonds is 6. The molecule has 0 spiro atoms. The summed E-state index contributed by atoms with van der Waals surface area (Å²) in [6.07, 6.45) is 0.831.